The van der Waals surface area contributed by atoms with Crippen LogP contribution in [0.2, 0.25) is 0 Å². The van der Waals surface area contributed by atoms with Crippen LogP contribution in [0, 0.1) is 6.92 Å². The van der Waals surface area contributed by atoms with Crippen LogP contribution in [0.4, 0.5) is 0 Å². The van der Waals surface area contributed by atoms with Crippen molar-refractivity contribution in [3.63, 3.8) is 0 Å². The van der Waals surface area contributed by atoms with Crippen molar-refractivity contribution in [3.8, 4) is 11.1 Å². The van der Waals surface area contributed by atoms with Gasteiger partial charge in [-0.1, -0.05) is 6.07 Å². The zero-order valence-electron chi connectivity index (χ0n) is 8.94. The second-order valence-electron chi connectivity index (χ2n) is 3.48. The fourth-order valence-electron chi connectivity index (χ4n) is 1.71. The molecule has 0 radical (unpaired) electrons. The number of pyridine rings is 1. The van der Waals surface area contributed by atoms with Crippen molar-refractivity contribution in [1.82, 2.24) is 14.8 Å². The highest BCUT2D eigenvalue weighted by Crippen LogP contribution is 2.25. The van der Waals surface area contributed by atoms with Gasteiger partial charge in [0.05, 0.1) is 5.69 Å². The second kappa shape index (κ2) is 3.82. The molecule has 0 aliphatic heterocycles. The van der Waals surface area contributed by atoms with Gasteiger partial charge in [0.2, 0.25) is 0 Å². The monoisotopic (exact) mass is 202 g/mol. The van der Waals surface area contributed by atoms with E-state index in [1.54, 1.807) is 6.20 Å². The van der Waals surface area contributed by atoms with Gasteiger partial charge < -0.3 is 5.73 Å². The molecule has 2 rings (SSSR count). The first-order valence-corrected chi connectivity index (χ1v) is 4.87. The lowest BCUT2D eigenvalue weighted by molar-refractivity contribution is 0.721. The quantitative estimate of drug-likeness (QED) is 0.797. The summed E-state index contributed by atoms with van der Waals surface area (Å²) in [6.07, 6.45) is 3.60. The number of aryl methyl sites for hydroxylation is 1. The standard InChI is InChI=1S/C11H14N4/c1-8-11(9-4-3-5-13-7-9)10(6-12)14-15(8)2/h3-5,7H,6,12H2,1-2H3. The van der Waals surface area contributed by atoms with E-state index in [-0.39, 0.29) is 0 Å². The lowest BCUT2D eigenvalue weighted by Gasteiger charge is -2.01. The summed E-state index contributed by atoms with van der Waals surface area (Å²) >= 11 is 0. The van der Waals surface area contributed by atoms with Crippen LogP contribution in [0.1, 0.15) is 11.4 Å². The predicted octanol–water partition coefficient (Wildman–Crippen LogP) is 1.25. The van der Waals surface area contributed by atoms with Gasteiger partial charge in [-0.05, 0) is 13.0 Å². The Kier molecular flexibility index (Phi) is 2.51. The minimum Gasteiger partial charge on any atom is -0.325 e. The van der Waals surface area contributed by atoms with E-state index in [0.29, 0.717) is 6.54 Å². The molecule has 0 spiro atoms. The third-order valence-electron chi connectivity index (χ3n) is 2.55. The molecule has 0 saturated carbocycles. The summed E-state index contributed by atoms with van der Waals surface area (Å²) in [5, 5.41) is 4.37. The van der Waals surface area contributed by atoms with Crippen molar-refractivity contribution in [2.24, 2.45) is 12.8 Å². The van der Waals surface area contributed by atoms with Crippen LogP contribution >= 0.6 is 0 Å². The molecule has 2 heterocycles. The molecule has 2 N–H and O–H groups in total. The minimum absolute atomic E-state index is 0.450. The summed E-state index contributed by atoms with van der Waals surface area (Å²) in [6, 6.07) is 3.94. The summed E-state index contributed by atoms with van der Waals surface area (Å²) in [6.45, 7) is 2.49. The molecule has 2 aromatic rings. The molecule has 0 amide bonds. The van der Waals surface area contributed by atoms with Crippen LogP contribution in [0.3, 0.4) is 0 Å². The fourth-order valence-corrected chi connectivity index (χ4v) is 1.71. The van der Waals surface area contributed by atoms with E-state index >= 15 is 0 Å². The minimum atomic E-state index is 0.450. The smallest absolute Gasteiger partial charge is 0.0841 e. The van der Waals surface area contributed by atoms with Gasteiger partial charge >= 0.3 is 0 Å². The van der Waals surface area contributed by atoms with Gasteiger partial charge in [0.15, 0.2) is 0 Å². The molecule has 15 heavy (non-hydrogen) atoms. The van der Waals surface area contributed by atoms with E-state index in [9.17, 15) is 0 Å². The molecule has 4 nitrogen and oxygen atoms in total. The van der Waals surface area contributed by atoms with E-state index in [4.69, 9.17) is 5.73 Å². The van der Waals surface area contributed by atoms with Crippen molar-refractivity contribution in [2.45, 2.75) is 13.5 Å². The number of nitrogens with zero attached hydrogens (tertiary/aromatic N) is 3. The summed E-state index contributed by atoms with van der Waals surface area (Å²) in [5.74, 6) is 0. The average Bonchev–Trinajstić information content (AvgIpc) is 2.56. The van der Waals surface area contributed by atoms with E-state index < -0.39 is 0 Å². The lowest BCUT2D eigenvalue weighted by Crippen LogP contribution is -1.99. The number of aromatic nitrogens is 3. The molecular formula is C11H14N4. The molecule has 0 bridgehead atoms. The Morgan fingerprint density at radius 3 is 2.87 bits per heavy atom. The lowest BCUT2D eigenvalue weighted by atomic mass is 10.1. The molecule has 0 aliphatic rings. The van der Waals surface area contributed by atoms with E-state index in [2.05, 4.69) is 10.1 Å². The van der Waals surface area contributed by atoms with Gasteiger partial charge in [-0.3, -0.25) is 9.67 Å². The van der Waals surface area contributed by atoms with Crippen LogP contribution < -0.4 is 5.73 Å². The third-order valence-corrected chi connectivity index (χ3v) is 2.55. The maximum absolute atomic E-state index is 5.67. The van der Waals surface area contributed by atoms with Crippen molar-refractivity contribution in [3.05, 3.63) is 35.9 Å². The second-order valence-corrected chi connectivity index (χ2v) is 3.48. The summed E-state index contributed by atoms with van der Waals surface area (Å²) < 4.78 is 1.85. The normalized spacial score (nSPS) is 10.6. The summed E-state index contributed by atoms with van der Waals surface area (Å²) in [4.78, 5) is 4.11. The Morgan fingerprint density at radius 2 is 2.27 bits per heavy atom. The van der Waals surface area contributed by atoms with Gasteiger partial charge in [0, 0.05) is 42.8 Å². The first-order chi connectivity index (χ1) is 7.24. The zero-order chi connectivity index (χ0) is 10.8. The topological polar surface area (TPSA) is 56.7 Å². The fraction of sp³-hybridized carbons (Fsp3) is 0.273. The first-order valence-electron chi connectivity index (χ1n) is 4.87. The molecule has 0 fully saturated rings. The van der Waals surface area contributed by atoms with Crippen LogP contribution in [0.5, 0.6) is 0 Å². The van der Waals surface area contributed by atoms with Gasteiger partial charge in [0.1, 0.15) is 0 Å². The van der Waals surface area contributed by atoms with E-state index in [1.807, 2.05) is 37.0 Å². The average molecular weight is 202 g/mol. The van der Waals surface area contributed by atoms with Crippen molar-refractivity contribution < 1.29 is 0 Å². The SMILES string of the molecule is Cc1c(-c2cccnc2)c(CN)nn1C. The van der Waals surface area contributed by atoms with Crippen LogP contribution in [-0.4, -0.2) is 14.8 Å². The number of hydrogen-bond acceptors (Lipinski definition) is 3. The van der Waals surface area contributed by atoms with Crippen molar-refractivity contribution >= 4 is 0 Å². The Bertz CT molecular complexity index is 459. The number of hydrogen-bond donors (Lipinski definition) is 1. The zero-order valence-corrected chi connectivity index (χ0v) is 8.94. The molecule has 4 heteroatoms. The Hall–Kier alpha value is -1.68. The maximum atomic E-state index is 5.67. The number of rotatable bonds is 2. The highest BCUT2D eigenvalue weighted by Gasteiger charge is 2.13. The summed E-state index contributed by atoms with van der Waals surface area (Å²) in [7, 11) is 1.92. The van der Waals surface area contributed by atoms with Gasteiger partial charge in [-0.25, -0.2) is 0 Å². The predicted molar refractivity (Wildman–Crippen MR) is 59.1 cm³/mol. The van der Waals surface area contributed by atoms with E-state index in [1.165, 1.54) is 0 Å². The van der Waals surface area contributed by atoms with Crippen molar-refractivity contribution in [1.29, 1.82) is 0 Å². The van der Waals surface area contributed by atoms with E-state index in [0.717, 1.165) is 22.5 Å². The first kappa shape index (κ1) is 9.86. The molecule has 2 aromatic heterocycles. The molecule has 0 atom stereocenters. The van der Waals surface area contributed by atoms with Gasteiger partial charge in [0.25, 0.3) is 0 Å². The van der Waals surface area contributed by atoms with Gasteiger partial charge in [-0.2, -0.15) is 5.10 Å². The Morgan fingerprint density at radius 1 is 1.47 bits per heavy atom. The molecule has 0 aliphatic carbocycles. The largest absolute Gasteiger partial charge is 0.325 e. The molecular weight excluding hydrogens is 188 g/mol. The molecule has 0 aromatic carbocycles. The van der Waals surface area contributed by atoms with Gasteiger partial charge in [-0.15, -0.1) is 0 Å². The Balaban J connectivity index is 2.61. The van der Waals surface area contributed by atoms with Crippen LogP contribution in [-0.2, 0) is 13.6 Å². The molecule has 0 saturated heterocycles. The van der Waals surface area contributed by atoms with Crippen LogP contribution in [0.15, 0.2) is 24.5 Å². The summed E-state index contributed by atoms with van der Waals surface area (Å²) in [5.41, 5.74) is 9.89. The highest BCUT2D eigenvalue weighted by atomic mass is 15.3. The highest BCUT2D eigenvalue weighted by molar-refractivity contribution is 5.67. The third kappa shape index (κ3) is 1.64. The molecule has 0 unspecified atom stereocenters. The molecule has 78 valence electrons. The Labute approximate surface area is 88.8 Å². The maximum Gasteiger partial charge on any atom is 0.0841 e. The van der Waals surface area contributed by atoms with Crippen molar-refractivity contribution in [2.75, 3.05) is 0 Å². The van der Waals surface area contributed by atoms with Crippen LogP contribution in [0.25, 0.3) is 11.1 Å². The number of nitrogens with two attached hydrogens (primary N) is 1.